The third-order valence-corrected chi connectivity index (χ3v) is 10.4. The SMILES string of the molecule is Cc1c(N2C(=O)[C@@H]3C(OCCOCCCCc4ccc(-c5[nH]c6cc(F)cc7c6c5CCCC7=O)cc4)CCN3C2=O)ccc(C#N)c1Cl. The van der Waals surface area contributed by atoms with Crippen LogP contribution in [0.4, 0.5) is 14.9 Å². The van der Waals surface area contributed by atoms with E-state index in [1.54, 1.807) is 17.9 Å². The number of nitrogens with one attached hydrogen (secondary N) is 1. The second-order valence-electron chi connectivity index (χ2n) is 12.9. The quantitative estimate of drug-likeness (QED) is 0.131. The van der Waals surface area contributed by atoms with Gasteiger partial charge in [-0.2, -0.15) is 5.26 Å². The molecule has 9 nitrogen and oxygen atoms in total. The van der Waals surface area contributed by atoms with Crippen molar-refractivity contribution in [3.63, 3.8) is 0 Å². The minimum absolute atomic E-state index is 0.000989. The number of nitrogens with zero attached hydrogens (tertiary/aromatic N) is 3. The van der Waals surface area contributed by atoms with Gasteiger partial charge in [0.1, 0.15) is 17.9 Å². The second-order valence-corrected chi connectivity index (χ2v) is 13.3. The van der Waals surface area contributed by atoms with Crippen LogP contribution in [0.1, 0.15) is 64.7 Å². The topological polar surface area (TPSA) is 116 Å². The first-order chi connectivity index (χ1) is 23.8. The number of imide groups is 1. The summed E-state index contributed by atoms with van der Waals surface area (Å²) >= 11 is 6.31. The Balaban J connectivity index is 0.859. The lowest BCUT2D eigenvalue weighted by molar-refractivity contribution is -0.122. The number of rotatable bonds is 11. The Morgan fingerprint density at radius 1 is 1.04 bits per heavy atom. The maximum Gasteiger partial charge on any atom is 0.332 e. The number of carbonyl (C=O) groups is 3. The van der Waals surface area contributed by atoms with E-state index in [1.807, 2.05) is 6.07 Å². The molecule has 2 fully saturated rings. The number of aromatic amines is 1. The van der Waals surface area contributed by atoms with Crippen LogP contribution in [0.3, 0.4) is 0 Å². The van der Waals surface area contributed by atoms with E-state index in [0.29, 0.717) is 67.1 Å². The highest BCUT2D eigenvalue weighted by molar-refractivity contribution is 6.33. The summed E-state index contributed by atoms with van der Waals surface area (Å²) in [5.74, 6) is -0.751. The number of H-pyrrole nitrogens is 1. The van der Waals surface area contributed by atoms with Crippen LogP contribution >= 0.6 is 11.6 Å². The number of ketones is 1. The number of aromatic nitrogens is 1. The normalized spacial score (nSPS) is 18.8. The van der Waals surface area contributed by atoms with Gasteiger partial charge in [0.15, 0.2) is 5.78 Å². The molecule has 0 bridgehead atoms. The standard InChI is InChI=1S/C38H36ClFN4O5/c1-22-30(13-12-25(21-41)34(22)39)44-37(46)36-32(14-15-43(36)38(44)47)49-18-17-48-16-3-2-5-23-8-10-24(11-9-23)35-27-6-4-7-31(45)28-19-26(40)20-29(42-35)33(27)28/h8-13,19-20,32,36,42H,2-7,14-18H2,1H3/t32?,36-/m0/s1. The molecule has 3 aromatic carbocycles. The number of Topliss-reactive ketones (excluding diaryl/α,β-unsaturated/α-hetero) is 1. The summed E-state index contributed by atoms with van der Waals surface area (Å²) in [6, 6.07) is 15.3. The number of amides is 3. The summed E-state index contributed by atoms with van der Waals surface area (Å²) in [7, 11) is 0. The van der Waals surface area contributed by atoms with Gasteiger partial charge in [0.05, 0.1) is 35.6 Å². The van der Waals surface area contributed by atoms with E-state index >= 15 is 0 Å². The number of halogens is 2. The highest BCUT2D eigenvalue weighted by atomic mass is 35.5. The predicted molar refractivity (Wildman–Crippen MR) is 183 cm³/mol. The van der Waals surface area contributed by atoms with Gasteiger partial charge < -0.3 is 19.4 Å². The molecule has 3 aliphatic rings. The lowest BCUT2D eigenvalue weighted by Gasteiger charge is -2.20. The van der Waals surface area contributed by atoms with Crippen LogP contribution < -0.4 is 4.90 Å². The Morgan fingerprint density at radius 2 is 1.86 bits per heavy atom. The van der Waals surface area contributed by atoms with Gasteiger partial charge in [0.2, 0.25) is 0 Å². The Hall–Kier alpha value is -4.56. The number of unbranched alkanes of at least 4 members (excludes halogenated alkanes) is 1. The van der Waals surface area contributed by atoms with Gasteiger partial charge in [0, 0.05) is 41.7 Å². The Kier molecular flexibility index (Phi) is 9.25. The lowest BCUT2D eigenvalue weighted by atomic mass is 9.99. The van der Waals surface area contributed by atoms with Gasteiger partial charge in [0.25, 0.3) is 5.91 Å². The molecular weight excluding hydrogens is 647 g/mol. The Bertz CT molecular complexity index is 2000. The minimum Gasteiger partial charge on any atom is -0.379 e. The number of hydrogen-bond acceptors (Lipinski definition) is 6. The molecule has 7 rings (SSSR count). The van der Waals surface area contributed by atoms with Gasteiger partial charge in [-0.3, -0.25) is 9.59 Å². The van der Waals surface area contributed by atoms with Gasteiger partial charge in [-0.1, -0.05) is 35.9 Å². The zero-order valence-corrected chi connectivity index (χ0v) is 27.9. The van der Waals surface area contributed by atoms with Crippen molar-refractivity contribution in [1.82, 2.24) is 9.88 Å². The number of urea groups is 1. The van der Waals surface area contributed by atoms with Crippen molar-refractivity contribution in [2.45, 2.75) is 64.0 Å². The molecule has 49 heavy (non-hydrogen) atoms. The Morgan fingerprint density at radius 3 is 2.65 bits per heavy atom. The van der Waals surface area contributed by atoms with Crippen LogP contribution in [0.5, 0.6) is 0 Å². The summed E-state index contributed by atoms with van der Waals surface area (Å²) in [5.41, 5.74) is 6.61. The van der Waals surface area contributed by atoms with Crippen LogP contribution in [0.25, 0.3) is 22.2 Å². The third kappa shape index (κ3) is 6.12. The van der Waals surface area contributed by atoms with Gasteiger partial charge in [-0.25, -0.2) is 14.1 Å². The number of benzene rings is 3. The molecule has 2 aliphatic heterocycles. The van der Waals surface area contributed by atoms with Crippen molar-refractivity contribution in [2.24, 2.45) is 0 Å². The molecule has 2 atom stereocenters. The van der Waals surface area contributed by atoms with Crippen LogP contribution in [-0.4, -0.2) is 66.1 Å². The van der Waals surface area contributed by atoms with E-state index < -0.39 is 24.0 Å². The molecule has 1 N–H and O–H groups in total. The molecule has 0 spiro atoms. The highest BCUT2D eigenvalue weighted by Gasteiger charge is 2.53. The molecule has 3 heterocycles. The van der Waals surface area contributed by atoms with Crippen LogP contribution in [-0.2, 0) is 27.1 Å². The van der Waals surface area contributed by atoms with Crippen LogP contribution in [0, 0.1) is 24.1 Å². The van der Waals surface area contributed by atoms with E-state index in [9.17, 15) is 24.0 Å². The average Bonchev–Trinajstić information content (AvgIpc) is 3.72. The number of nitriles is 1. The first-order valence-corrected chi connectivity index (χ1v) is 17.1. The smallest absolute Gasteiger partial charge is 0.332 e. The van der Waals surface area contributed by atoms with Crippen LogP contribution in [0.2, 0.25) is 5.02 Å². The fraction of sp³-hybridized carbons (Fsp3) is 0.368. The third-order valence-electron chi connectivity index (χ3n) is 9.88. The van der Waals surface area contributed by atoms with Crippen molar-refractivity contribution in [3.8, 4) is 17.3 Å². The van der Waals surface area contributed by atoms with Crippen molar-refractivity contribution >= 4 is 45.9 Å². The number of carbonyl (C=O) groups excluding carboxylic acids is 3. The number of aryl methyl sites for hydroxylation is 2. The maximum atomic E-state index is 14.3. The van der Waals surface area contributed by atoms with Crippen LogP contribution in [0.15, 0.2) is 48.5 Å². The fourth-order valence-corrected chi connectivity index (χ4v) is 7.60. The fourth-order valence-electron chi connectivity index (χ4n) is 7.40. The first-order valence-electron chi connectivity index (χ1n) is 16.8. The van der Waals surface area contributed by atoms with Gasteiger partial charge >= 0.3 is 6.03 Å². The molecule has 252 valence electrons. The monoisotopic (exact) mass is 682 g/mol. The number of hydrogen-bond donors (Lipinski definition) is 1. The molecule has 1 aliphatic carbocycles. The van der Waals surface area contributed by atoms with E-state index in [1.165, 1.54) is 23.8 Å². The first kappa shape index (κ1) is 33.0. The average molecular weight is 683 g/mol. The minimum atomic E-state index is -0.693. The van der Waals surface area contributed by atoms with E-state index in [0.717, 1.165) is 59.2 Å². The largest absolute Gasteiger partial charge is 0.379 e. The number of ether oxygens (including phenoxy) is 2. The zero-order valence-electron chi connectivity index (χ0n) is 27.2. The second kappa shape index (κ2) is 13.7. The van der Waals surface area contributed by atoms with E-state index in [-0.39, 0.29) is 16.7 Å². The molecule has 11 heteroatoms. The Labute approximate surface area is 288 Å². The number of anilines is 1. The molecule has 0 radical (unpaired) electrons. The summed E-state index contributed by atoms with van der Waals surface area (Å²) in [6.45, 7) is 3.40. The van der Waals surface area contributed by atoms with E-state index in [4.69, 9.17) is 21.1 Å². The summed E-state index contributed by atoms with van der Waals surface area (Å²) in [5, 5.41) is 10.3. The molecule has 4 aromatic rings. The number of fused-ring (bicyclic) bond motifs is 1. The molecule has 3 amide bonds. The molecule has 1 aromatic heterocycles. The molecule has 2 saturated heterocycles. The molecule has 0 saturated carbocycles. The van der Waals surface area contributed by atoms with Gasteiger partial charge in [-0.15, -0.1) is 0 Å². The van der Waals surface area contributed by atoms with Crippen molar-refractivity contribution in [2.75, 3.05) is 31.3 Å². The molecular formula is C38H36ClFN4O5. The summed E-state index contributed by atoms with van der Waals surface area (Å²) in [4.78, 5) is 45.2. The summed E-state index contributed by atoms with van der Waals surface area (Å²) < 4.78 is 26.1. The van der Waals surface area contributed by atoms with Gasteiger partial charge in [-0.05, 0) is 92.0 Å². The lowest BCUT2D eigenvalue weighted by Crippen LogP contribution is -2.38. The predicted octanol–water partition coefficient (Wildman–Crippen LogP) is 7.29. The maximum absolute atomic E-state index is 14.3. The molecule has 1 unspecified atom stereocenters. The van der Waals surface area contributed by atoms with Crippen molar-refractivity contribution in [3.05, 3.63) is 87.2 Å². The highest BCUT2D eigenvalue weighted by Crippen LogP contribution is 2.38. The summed E-state index contributed by atoms with van der Waals surface area (Å²) in [6.07, 6.45) is 4.85. The van der Waals surface area contributed by atoms with Crippen molar-refractivity contribution in [1.29, 1.82) is 5.26 Å². The van der Waals surface area contributed by atoms with Crippen molar-refractivity contribution < 1.29 is 28.2 Å². The van der Waals surface area contributed by atoms with E-state index in [2.05, 4.69) is 29.2 Å². The zero-order chi connectivity index (χ0) is 34.2.